The van der Waals surface area contributed by atoms with Gasteiger partial charge < -0.3 is 11.3 Å². The van der Waals surface area contributed by atoms with Crippen LogP contribution in [0, 0.1) is 0 Å². The molecule has 0 radical (unpaired) electrons. The molecule has 0 atom stereocenters. The summed E-state index contributed by atoms with van der Waals surface area (Å²) < 4.78 is 27.1. The van der Waals surface area contributed by atoms with Gasteiger partial charge in [0.15, 0.2) is 0 Å². The van der Waals surface area contributed by atoms with Gasteiger partial charge in [-0.05, 0) is 6.42 Å². The van der Waals surface area contributed by atoms with E-state index in [1.807, 2.05) is 0 Å². The molecular weight excluding hydrogens is 302 g/mol. The van der Waals surface area contributed by atoms with Crippen LogP contribution in [0.5, 0.6) is 0 Å². The molecule has 0 heterocycles. The molecule has 0 saturated carbocycles. The lowest BCUT2D eigenvalue weighted by Gasteiger charge is -2.04. The van der Waals surface area contributed by atoms with Crippen molar-refractivity contribution in [1.82, 2.24) is 6.15 Å². The highest BCUT2D eigenvalue weighted by Crippen LogP contribution is 2.12. The molecule has 5 nitrogen and oxygen atoms in total. The fraction of sp³-hybridized carbons (Fsp3) is 1.00. The molecule has 22 heavy (non-hydrogen) atoms. The average molecular weight is 341 g/mol. The van der Waals surface area contributed by atoms with E-state index in [4.69, 9.17) is 9.29 Å². The van der Waals surface area contributed by atoms with Crippen LogP contribution in [0.1, 0.15) is 84.0 Å². The van der Waals surface area contributed by atoms with Gasteiger partial charge in [0.05, 0.1) is 19.0 Å². The molecule has 0 bridgehead atoms. The summed E-state index contributed by atoms with van der Waals surface area (Å²) >= 11 is 0. The fourth-order valence-electron chi connectivity index (χ4n) is 2.30. The first-order valence-corrected chi connectivity index (χ1v) is 10.2. The third kappa shape index (κ3) is 17.9. The first kappa shape index (κ1) is 24.1. The monoisotopic (exact) mass is 340 g/mol. The van der Waals surface area contributed by atoms with Gasteiger partial charge in [0, 0.05) is 0 Å². The average Bonchev–Trinajstić information content (AvgIpc) is 2.44. The molecule has 0 spiro atoms. The Morgan fingerprint density at radius 2 is 1.18 bits per heavy atom. The molecule has 0 rings (SSSR count). The van der Waals surface area contributed by atoms with Crippen LogP contribution >= 0.6 is 0 Å². The zero-order valence-electron chi connectivity index (χ0n) is 14.7. The predicted molar refractivity (Wildman–Crippen MR) is 93.9 cm³/mol. The minimum absolute atomic E-state index is 0. The normalized spacial score (nSPS) is 11.4. The van der Waals surface area contributed by atoms with Crippen LogP contribution in [-0.2, 0) is 14.3 Å². The maximum absolute atomic E-state index is 11.1. The summed E-state index contributed by atoms with van der Waals surface area (Å²) in [5.74, 6) is -0.300. The van der Waals surface area contributed by atoms with E-state index in [0.717, 1.165) is 19.3 Å². The minimum atomic E-state index is -3.50. The third-order valence-electron chi connectivity index (χ3n) is 3.60. The molecule has 5 N–H and O–H groups in total. The maximum Gasteiger partial charge on any atom is 0.269 e. The van der Waals surface area contributed by atoms with E-state index in [-0.39, 0.29) is 25.1 Å². The van der Waals surface area contributed by atoms with Crippen molar-refractivity contribution < 1.29 is 17.7 Å². The van der Waals surface area contributed by atoms with Crippen LogP contribution in [0.25, 0.3) is 0 Å². The Labute approximate surface area is 137 Å². The largest absolute Gasteiger partial charge is 0.395 e. The minimum Gasteiger partial charge on any atom is -0.395 e. The summed E-state index contributed by atoms with van der Waals surface area (Å²) in [5, 5.41) is 8.55. The Hall–Kier alpha value is -0.170. The van der Waals surface area contributed by atoms with Crippen molar-refractivity contribution in [2.75, 3.05) is 19.0 Å². The molecule has 0 unspecified atom stereocenters. The Balaban J connectivity index is 0. The Morgan fingerprint density at radius 3 is 1.59 bits per heavy atom. The van der Waals surface area contributed by atoms with E-state index < -0.39 is 10.1 Å². The summed E-state index contributed by atoms with van der Waals surface area (Å²) in [6.07, 6.45) is 15.0. The molecule has 0 amide bonds. The SMILES string of the molecule is CCCCCCCCCCCCCCOS(=O)(=O)CCO.[NH4+]. The fourth-order valence-corrected chi connectivity index (χ4v) is 3.01. The lowest BCUT2D eigenvalue weighted by molar-refractivity contribution is 0.285. The highest BCUT2D eigenvalue weighted by atomic mass is 32.2. The first-order chi connectivity index (χ1) is 10.1. The third-order valence-corrected chi connectivity index (χ3v) is 4.81. The van der Waals surface area contributed by atoms with Gasteiger partial charge in [-0.1, -0.05) is 77.6 Å². The molecular formula is C16H38NO4S+. The molecule has 0 fully saturated rings. The maximum atomic E-state index is 11.1. The molecule has 0 saturated heterocycles. The molecule has 136 valence electrons. The van der Waals surface area contributed by atoms with E-state index in [2.05, 4.69) is 6.92 Å². The van der Waals surface area contributed by atoms with Crippen LogP contribution in [0.3, 0.4) is 0 Å². The zero-order valence-corrected chi connectivity index (χ0v) is 15.5. The summed E-state index contributed by atoms with van der Waals surface area (Å²) in [6.45, 7) is 2.12. The van der Waals surface area contributed by atoms with E-state index in [1.165, 1.54) is 57.8 Å². The number of aliphatic hydroxyl groups excluding tert-OH is 1. The second-order valence-electron chi connectivity index (χ2n) is 5.70. The lowest BCUT2D eigenvalue weighted by atomic mass is 10.1. The molecule has 0 aliphatic rings. The molecule has 0 aromatic carbocycles. The van der Waals surface area contributed by atoms with Crippen molar-refractivity contribution in [2.24, 2.45) is 0 Å². The number of rotatable bonds is 16. The van der Waals surface area contributed by atoms with Crippen LogP contribution in [0.4, 0.5) is 0 Å². The summed E-state index contributed by atoms with van der Waals surface area (Å²) in [5.41, 5.74) is 0. The molecule has 6 heteroatoms. The molecule has 0 aromatic rings. The van der Waals surface area contributed by atoms with Crippen molar-refractivity contribution >= 4 is 10.1 Å². The Kier molecular flexibility index (Phi) is 18.8. The van der Waals surface area contributed by atoms with E-state index in [9.17, 15) is 8.42 Å². The second-order valence-corrected chi connectivity index (χ2v) is 7.46. The van der Waals surface area contributed by atoms with E-state index in [0.29, 0.717) is 0 Å². The number of quaternary nitrogens is 1. The van der Waals surface area contributed by atoms with Gasteiger partial charge in [-0.25, -0.2) is 0 Å². The summed E-state index contributed by atoms with van der Waals surface area (Å²) in [6, 6.07) is 0. The molecule has 0 aliphatic carbocycles. The highest BCUT2D eigenvalue weighted by Gasteiger charge is 2.08. The van der Waals surface area contributed by atoms with Crippen LogP contribution in [-0.4, -0.2) is 32.5 Å². The van der Waals surface area contributed by atoms with Crippen molar-refractivity contribution in [3.8, 4) is 0 Å². The molecule has 0 aliphatic heterocycles. The van der Waals surface area contributed by atoms with Gasteiger partial charge >= 0.3 is 0 Å². The smallest absolute Gasteiger partial charge is 0.269 e. The summed E-state index contributed by atoms with van der Waals surface area (Å²) in [7, 11) is -3.50. The predicted octanol–water partition coefficient (Wildman–Crippen LogP) is 4.40. The van der Waals surface area contributed by atoms with Gasteiger partial charge in [0.1, 0.15) is 0 Å². The van der Waals surface area contributed by atoms with Crippen LogP contribution < -0.4 is 6.15 Å². The molecule has 0 aromatic heterocycles. The number of hydrogen-bond acceptors (Lipinski definition) is 4. The summed E-state index contributed by atoms with van der Waals surface area (Å²) in [4.78, 5) is 0. The van der Waals surface area contributed by atoms with Crippen molar-refractivity contribution in [3.63, 3.8) is 0 Å². The number of unbranched alkanes of at least 4 members (excludes halogenated alkanes) is 11. The van der Waals surface area contributed by atoms with Crippen LogP contribution in [0.2, 0.25) is 0 Å². The number of hydrogen-bond donors (Lipinski definition) is 2. The highest BCUT2D eigenvalue weighted by molar-refractivity contribution is 7.86. The Bertz CT molecular complexity index is 307. The van der Waals surface area contributed by atoms with Crippen molar-refractivity contribution in [2.45, 2.75) is 84.0 Å². The number of aliphatic hydroxyl groups is 1. The second kappa shape index (κ2) is 17.2. The van der Waals surface area contributed by atoms with Gasteiger partial charge in [0.25, 0.3) is 10.1 Å². The van der Waals surface area contributed by atoms with Gasteiger partial charge in [-0.15, -0.1) is 0 Å². The van der Waals surface area contributed by atoms with E-state index in [1.54, 1.807) is 0 Å². The standard InChI is InChI=1S/C16H34O4S.H3N/c1-2-3-4-5-6-7-8-9-10-11-12-13-15-20-21(18,19)16-14-17;/h17H,2-16H2,1H3;1H3/p+1. The Morgan fingerprint density at radius 1 is 0.773 bits per heavy atom. The van der Waals surface area contributed by atoms with Crippen molar-refractivity contribution in [1.29, 1.82) is 0 Å². The van der Waals surface area contributed by atoms with E-state index >= 15 is 0 Å². The zero-order chi connectivity index (χ0) is 15.8. The van der Waals surface area contributed by atoms with Crippen LogP contribution in [0.15, 0.2) is 0 Å². The lowest BCUT2D eigenvalue weighted by Crippen LogP contribution is -2.14. The van der Waals surface area contributed by atoms with Crippen molar-refractivity contribution in [3.05, 3.63) is 0 Å². The van der Waals surface area contributed by atoms with Gasteiger partial charge in [0.2, 0.25) is 0 Å². The first-order valence-electron chi connectivity index (χ1n) is 8.60. The quantitative estimate of drug-likeness (QED) is 0.321. The van der Waals surface area contributed by atoms with Gasteiger partial charge in [-0.2, -0.15) is 8.42 Å². The van der Waals surface area contributed by atoms with Gasteiger partial charge in [-0.3, -0.25) is 4.18 Å². The topological polar surface area (TPSA) is 100 Å².